The predicted molar refractivity (Wildman–Crippen MR) is 173 cm³/mol. The minimum atomic E-state index is -4.86. The minimum Gasteiger partial charge on any atom is -0.481 e. The first kappa shape index (κ1) is 38.9. The van der Waals surface area contributed by atoms with Crippen LogP contribution in [0.15, 0.2) is 35.3 Å². The maximum atomic E-state index is 16.7. The smallest absolute Gasteiger partial charge is 0.416 e. The molecule has 0 spiro atoms. The second-order valence-corrected chi connectivity index (χ2v) is 12.6. The molecule has 0 unspecified atom stereocenters. The van der Waals surface area contributed by atoms with Crippen LogP contribution in [-0.2, 0) is 22.2 Å². The predicted octanol–water partition coefficient (Wildman–Crippen LogP) is 6.96. The van der Waals surface area contributed by atoms with Crippen LogP contribution < -0.4 is 10.9 Å². The Morgan fingerprint density at radius 1 is 1.02 bits per heavy atom. The molecule has 0 saturated heterocycles. The molecule has 3 rings (SSSR count). The van der Waals surface area contributed by atoms with Gasteiger partial charge in [0, 0.05) is 35.5 Å². The number of amides is 1. The summed E-state index contributed by atoms with van der Waals surface area (Å²) in [5, 5.41) is 12.1. The van der Waals surface area contributed by atoms with Gasteiger partial charge in [-0.2, -0.15) is 13.2 Å². The molecule has 0 aliphatic carbocycles. The van der Waals surface area contributed by atoms with Gasteiger partial charge in [-0.1, -0.05) is 19.8 Å². The second-order valence-electron chi connectivity index (χ2n) is 12.6. The Morgan fingerprint density at radius 2 is 1.63 bits per heavy atom. The summed E-state index contributed by atoms with van der Waals surface area (Å²) in [7, 11) is 3.31. The van der Waals surface area contributed by atoms with Gasteiger partial charge in [0.1, 0.15) is 23.5 Å². The van der Waals surface area contributed by atoms with Crippen molar-refractivity contribution in [2.75, 3.05) is 20.6 Å². The zero-order chi connectivity index (χ0) is 37.0. The summed E-state index contributed by atoms with van der Waals surface area (Å²) in [6, 6.07) is 0.303. The van der Waals surface area contributed by atoms with Gasteiger partial charge < -0.3 is 19.9 Å². The molecule has 0 saturated carbocycles. The number of hydrogen-bond acceptors (Lipinski definition) is 4. The Bertz CT molecular complexity index is 1830. The topological polar surface area (TPSA) is 91.6 Å². The van der Waals surface area contributed by atoms with Crippen LogP contribution in [0, 0.1) is 49.1 Å². The molecule has 264 valence electrons. The van der Waals surface area contributed by atoms with E-state index in [4.69, 9.17) is 0 Å². The lowest BCUT2D eigenvalue weighted by Gasteiger charge is -2.27. The summed E-state index contributed by atoms with van der Waals surface area (Å²) < 4.78 is 89.3. The molecule has 0 aliphatic rings. The maximum absolute atomic E-state index is 16.7. The molecule has 0 fully saturated rings. The molecular formula is C36H39F6N3O4. The summed E-state index contributed by atoms with van der Waals surface area (Å²) >= 11 is 0. The van der Waals surface area contributed by atoms with Gasteiger partial charge in [-0.3, -0.25) is 14.4 Å². The van der Waals surface area contributed by atoms with Gasteiger partial charge >= 0.3 is 12.1 Å². The van der Waals surface area contributed by atoms with Crippen LogP contribution in [-0.4, -0.2) is 47.1 Å². The third-order valence-electron chi connectivity index (χ3n) is 7.93. The van der Waals surface area contributed by atoms with E-state index in [1.165, 1.54) is 20.8 Å². The number of benzene rings is 2. The highest BCUT2D eigenvalue weighted by molar-refractivity contribution is 5.83. The van der Waals surface area contributed by atoms with Crippen molar-refractivity contribution < 1.29 is 41.0 Å². The second kappa shape index (κ2) is 15.8. The van der Waals surface area contributed by atoms with Crippen LogP contribution >= 0.6 is 0 Å². The molecule has 3 aromatic rings. The molecule has 0 bridgehead atoms. The van der Waals surface area contributed by atoms with Crippen LogP contribution in [0.4, 0.5) is 26.3 Å². The normalized spacial score (nSPS) is 12.9. The van der Waals surface area contributed by atoms with E-state index < -0.39 is 70.7 Å². The number of carbonyl (C=O) groups is 2. The summed E-state index contributed by atoms with van der Waals surface area (Å²) in [5.74, 6) is -0.718. The molecule has 0 aliphatic heterocycles. The van der Waals surface area contributed by atoms with Crippen molar-refractivity contribution in [2.24, 2.45) is 5.92 Å². The van der Waals surface area contributed by atoms with Gasteiger partial charge in [0.2, 0.25) is 5.91 Å². The number of likely N-dealkylation sites (N-methyl/N-ethyl adjacent to an activating group) is 1. The number of aliphatic carboxylic acids is 1. The van der Waals surface area contributed by atoms with Crippen molar-refractivity contribution in [1.82, 2.24) is 14.8 Å². The molecule has 1 amide bonds. The van der Waals surface area contributed by atoms with Crippen LogP contribution in [0.2, 0.25) is 0 Å². The number of halogens is 6. The molecule has 0 radical (unpaired) electrons. The van der Waals surface area contributed by atoms with Gasteiger partial charge in [0.15, 0.2) is 0 Å². The number of carbonyl (C=O) groups excluding carboxylic acids is 1. The van der Waals surface area contributed by atoms with E-state index in [-0.39, 0.29) is 58.7 Å². The largest absolute Gasteiger partial charge is 0.481 e. The summed E-state index contributed by atoms with van der Waals surface area (Å²) in [6.07, 6.45) is -5.09. The molecule has 7 nitrogen and oxygen atoms in total. The van der Waals surface area contributed by atoms with Crippen molar-refractivity contribution in [2.45, 2.75) is 72.1 Å². The summed E-state index contributed by atoms with van der Waals surface area (Å²) in [6.45, 7) is 8.05. The average molecular weight is 692 g/mol. The van der Waals surface area contributed by atoms with E-state index in [0.29, 0.717) is 6.07 Å². The lowest BCUT2D eigenvalue weighted by Crippen LogP contribution is -2.41. The first-order valence-electron chi connectivity index (χ1n) is 15.5. The Labute approximate surface area is 280 Å². The van der Waals surface area contributed by atoms with Crippen LogP contribution in [0.5, 0.6) is 0 Å². The minimum absolute atomic E-state index is 0.0841. The van der Waals surface area contributed by atoms with Gasteiger partial charge in [0.25, 0.3) is 5.56 Å². The zero-order valence-corrected chi connectivity index (χ0v) is 28.3. The van der Waals surface area contributed by atoms with Crippen molar-refractivity contribution in [3.8, 4) is 23.0 Å². The summed E-state index contributed by atoms with van der Waals surface area (Å²) in [5.41, 5.74) is -2.91. The number of carboxylic acids is 1. The van der Waals surface area contributed by atoms with E-state index in [0.717, 1.165) is 29.0 Å². The summed E-state index contributed by atoms with van der Waals surface area (Å²) in [4.78, 5) is 40.8. The fraction of sp³-hybridized carbons (Fsp3) is 0.417. The number of pyridine rings is 1. The maximum Gasteiger partial charge on any atom is 0.416 e. The highest BCUT2D eigenvalue weighted by atomic mass is 19.4. The molecule has 2 N–H and O–H groups in total. The third-order valence-corrected chi connectivity index (χ3v) is 7.93. The van der Waals surface area contributed by atoms with E-state index in [1.807, 2.05) is 0 Å². The average Bonchev–Trinajstić information content (AvgIpc) is 2.95. The zero-order valence-electron chi connectivity index (χ0n) is 28.3. The van der Waals surface area contributed by atoms with Crippen LogP contribution in [0.25, 0.3) is 11.1 Å². The molecule has 2 atom stereocenters. The number of hydrogen-bond donors (Lipinski definition) is 2. The number of aryl methyl sites for hydroxylation is 2. The standard InChI is InChI=1S/C36H39F6N3O4/c1-8-9-22-15-26(38)33(34(39)32(22)31-20(4)13-24(37)14-21(31)5)27(17-30(47)48)43-35(49)28(12-19(2)3)45-18-23(10-11-44(6)7)25(16-29(45)46)36(40,41)42/h13-16,18-19,27-28H,10-12,17H2,1-7H3,(H,43,49)(H,47,48)/t27-,28-/m1/s1. The number of carboxylic acid groups (broad SMARTS) is 1. The molecule has 2 aromatic carbocycles. The molecular weight excluding hydrogens is 652 g/mol. The quantitative estimate of drug-likeness (QED) is 0.158. The number of nitrogens with zero attached hydrogens (tertiary/aromatic N) is 2. The van der Waals surface area contributed by atoms with Gasteiger partial charge in [-0.25, -0.2) is 13.2 Å². The highest BCUT2D eigenvalue weighted by Gasteiger charge is 2.36. The van der Waals surface area contributed by atoms with Crippen molar-refractivity contribution >= 4 is 11.9 Å². The number of rotatable bonds is 12. The van der Waals surface area contributed by atoms with Crippen molar-refractivity contribution in [1.29, 1.82) is 0 Å². The molecule has 49 heavy (non-hydrogen) atoms. The highest BCUT2D eigenvalue weighted by Crippen LogP contribution is 2.38. The lowest BCUT2D eigenvalue weighted by atomic mass is 9.88. The first-order valence-corrected chi connectivity index (χ1v) is 15.5. The number of alkyl halides is 3. The van der Waals surface area contributed by atoms with E-state index in [1.54, 1.807) is 32.8 Å². The van der Waals surface area contributed by atoms with Gasteiger partial charge in [0.05, 0.1) is 18.0 Å². The molecule has 1 aromatic heterocycles. The Morgan fingerprint density at radius 3 is 2.14 bits per heavy atom. The Kier molecular flexibility index (Phi) is 12.5. The van der Waals surface area contributed by atoms with E-state index in [2.05, 4.69) is 17.2 Å². The first-order chi connectivity index (χ1) is 22.8. The monoisotopic (exact) mass is 691 g/mol. The van der Waals surface area contributed by atoms with E-state index in [9.17, 15) is 37.1 Å². The number of nitrogens with one attached hydrogen (secondary N) is 1. The SMILES string of the molecule is CC#Cc1cc(F)c([C@@H](CC(=O)O)NC(=O)[C@@H](CC(C)C)n2cc(CCN(C)C)c(C(F)(F)F)cc2=O)c(F)c1-c1c(C)cc(F)cc1C. The van der Waals surface area contributed by atoms with Crippen molar-refractivity contribution in [3.05, 3.63) is 91.6 Å². The Balaban J connectivity index is 2.25. The molecule has 13 heteroatoms. The lowest BCUT2D eigenvalue weighted by molar-refractivity contribution is -0.139. The van der Waals surface area contributed by atoms with Gasteiger partial charge in [-0.05, 0) is 94.1 Å². The van der Waals surface area contributed by atoms with Crippen molar-refractivity contribution in [3.63, 3.8) is 0 Å². The van der Waals surface area contributed by atoms with Gasteiger partial charge in [-0.15, -0.1) is 5.92 Å². The third kappa shape index (κ3) is 9.32. The molecule has 1 heterocycles. The van der Waals surface area contributed by atoms with Crippen LogP contribution in [0.1, 0.15) is 79.1 Å². The van der Waals surface area contributed by atoms with Crippen LogP contribution in [0.3, 0.4) is 0 Å². The Hall–Kier alpha value is -4.57. The number of aromatic nitrogens is 1. The fourth-order valence-electron chi connectivity index (χ4n) is 5.84. The van der Waals surface area contributed by atoms with E-state index >= 15 is 8.78 Å². The fourth-order valence-corrected chi connectivity index (χ4v) is 5.84.